The number of amides is 1. The van der Waals surface area contributed by atoms with Crippen LogP contribution in [-0.2, 0) is 4.79 Å². The number of nitrogens with zero attached hydrogens (tertiary/aromatic N) is 1. The lowest BCUT2D eigenvalue weighted by molar-refractivity contribution is -0.114. The highest BCUT2D eigenvalue weighted by molar-refractivity contribution is 6.11. The molecule has 0 aromatic heterocycles. The Morgan fingerprint density at radius 3 is 2.75 bits per heavy atom. The molecule has 1 aromatic carbocycles. The average molecular weight is 325 g/mol. The number of hydrogen-bond acceptors (Lipinski definition) is 3. The molecule has 0 N–H and O–H groups in total. The first-order chi connectivity index (χ1) is 11.8. The SMILES string of the molecule is COc1ccc(N2CC3=C(C=CCC3)C2=O)cc1OC1CCCC1. The number of benzene rings is 1. The molecule has 24 heavy (non-hydrogen) atoms. The monoisotopic (exact) mass is 325 g/mol. The Bertz CT molecular complexity index is 714. The van der Waals surface area contributed by atoms with E-state index in [-0.39, 0.29) is 12.0 Å². The van der Waals surface area contributed by atoms with Gasteiger partial charge < -0.3 is 14.4 Å². The summed E-state index contributed by atoms with van der Waals surface area (Å²) in [6.07, 6.45) is 11.0. The molecule has 4 heteroatoms. The zero-order chi connectivity index (χ0) is 16.5. The zero-order valence-corrected chi connectivity index (χ0v) is 14.1. The molecule has 1 fully saturated rings. The van der Waals surface area contributed by atoms with Crippen molar-refractivity contribution in [2.45, 2.75) is 44.6 Å². The molecule has 1 aliphatic heterocycles. The third kappa shape index (κ3) is 2.70. The topological polar surface area (TPSA) is 38.8 Å². The lowest BCUT2D eigenvalue weighted by Crippen LogP contribution is -2.26. The molecule has 3 aliphatic rings. The molecule has 1 heterocycles. The fraction of sp³-hybridized carbons (Fsp3) is 0.450. The number of methoxy groups -OCH3 is 1. The molecule has 0 atom stereocenters. The molecule has 1 aromatic rings. The summed E-state index contributed by atoms with van der Waals surface area (Å²) >= 11 is 0. The van der Waals surface area contributed by atoms with E-state index in [0.717, 1.165) is 48.4 Å². The molecule has 0 unspecified atom stereocenters. The van der Waals surface area contributed by atoms with Crippen molar-refractivity contribution in [2.24, 2.45) is 0 Å². The maximum atomic E-state index is 12.7. The molecule has 126 valence electrons. The van der Waals surface area contributed by atoms with E-state index in [0.29, 0.717) is 6.54 Å². The van der Waals surface area contributed by atoms with Crippen molar-refractivity contribution in [3.8, 4) is 11.5 Å². The molecule has 1 amide bonds. The Hall–Kier alpha value is -2.23. The van der Waals surface area contributed by atoms with Gasteiger partial charge in [-0.25, -0.2) is 0 Å². The van der Waals surface area contributed by atoms with Crippen molar-refractivity contribution in [3.63, 3.8) is 0 Å². The number of anilines is 1. The molecule has 2 aliphatic carbocycles. The molecular weight excluding hydrogens is 302 g/mol. The van der Waals surface area contributed by atoms with Gasteiger partial charge in [0, 0.05) is 23.9 Å². The first kappa shape index (κ1) is 15.3. The van der Waals surface area contributed by atoms with Crippen LogP contribution < -0.4 is 14.4 Å². The Labute approximate surface area is 142 Å². The van der Waals surface area contributed by atoms with Crippen LogP contribution in [0.1, 0.15) is 38.5 Å². The van der Waals surface area contributed by atoms with E-state index in [1.165, 1.54) is 18.4 Å². The number of allylic oxidation sites excluding steroid dienone is 1. The number of hydrogen-bond donors (Lipinski definition) is 0. The lowest BCUT2D eigenvalue weighted by Gasteiger charge is -2.21. The van der Waals surface area contributed by atoms with E-state index in [2.05, 4.69) is 6.08 Å². The molecule has 0 spiro atoms. The maximum Gasteiger partial charge on any atom is 0.258 e. The minimum absolute atomic E-state index is 0.0953. The maximum absolute atomic E-state index is 12.7. The van der Waals surface area contributed by atoms with E-state index in [1.807, 2.05) is 29.2 Å². The van der Waals surface area contributed by atoms with Crippen LogP contribution in [0.25, 0.3) is 0 Å². The molecular formula is C20H23NO3. The number of carbonyl (C=O) groups excluding carboxylic acids is 1. The lowest BCUT2D eigenvalue weighted by atomic mass is 10.0. The summed E-state index contributed by atoms with van der Waals surface area (Å²) in [5.41, 5.74) is 3.00. The standard InChI is InChI=1S/C20H23NO3/c1-23-18-11-10-15(12-19(18)24-16-7-3-4-8-16)21-13-14-6-2-5-9-17(14)20(21)22/h5,9-12,16H,2-4,6-8,13H2,1H3. The van der Waals surface area contributed by atoms with Crippen LogP contribution in [0.2, 0.25) is 0 Å². The molecule has 0 bridgehead atoms. The van der Waals surface area contributed by atoms with Gasteiger partial charge in [-0.15, -0.1) is 0 Å². The second-order valence-electron chi connectivity index (χ2n) is 6.71. The van der Waals surface area contributed by atoms with Gasteiger partial charge in [0.05, 0.1) is 13.2 Å². The Morgan fingerprint density at radius 2 is 2.00 bits per heavy atom. The van der Waals surface area contributed by atoms with Crippen molar-refractivity contribution in [1.82, 2.24) is 0 Å². The van der Waals surface area contributed by atoms with E-state index < -0.39 is 0 Å². The van der Waals surface area contributed by atoms with Gasteiger partial charge in [0.2, 0.25) is 0 Å². The summed E-state index contributed by atoms with van der Waals surface area (Å²) < 4.78 is 11.6. The second-order valence-corrected chi connectivity index (χ2v) is 6.71. The van der Waals surface area contributed by atoms with Crippen LogP contribution in [0.4, 0.5) is 5.69 Å². The first-order valence-corrected chi connectivity index (χ1v) is 8.81. The van der Waals surface area contributed by atoms with Crippen LogP contribution in [0, 0.1) is 0 Å². The zero-order valence-electron chi connectivity index (χ0n) is 14.1. The minimum atomic E-state index is 0.0953. The van der Waals surface area contributed by atoms with E-state index in [9.17, 15) is 4.79 Å². The number of carbonyl (C=O) groups is 1. The highest BCUT2D eigenvalue weighted by Crippen LogP contribution is 2.38. The minimum Gasteiger partial charge on any atom is -0.493 e. The van der Waals surface area contributed by atoms with Crippen LogP contribution in [0.3, 0.4) is 0 Å². The highest BCUT2D eigenvalue weighted by Gasteiger charge is 2.31. The predicted molar refractivity (Wildman–Crippen MR) is 93.6 cm³/mol. The first-order valence-electron chi connectivity index (χ1n) is 8.81. The van der Waals surface area contributed by atoms with Crippen LogP contribution in [0.5, 0.6) is 11.5 Å². The smallest absolute Gasteiger partial charge is 0.258 e. The highest BCUT2D eigenvalue weighted by atomic mass is 16.5. The van der Waals surface area contributed by atoms with Gasteiger partial charge in [-0.2, -0.15) is 0 Å². The third-order valence-corrected chi connectivity index (χ3v) is 5.16. The predicted octanol–water partition coefficient (Wildman–Crippen LogP) is 4.01. The number of rotatable bonds is 4. The molecule has 4 nitrogen and oxygen atoms in total. The van der Waals surface area contributed by atoms with Crippen LogP contribution in [0.15, 0.2) is 41.5 Å². The van der Waals surface area contributed by atoms with E-state index in [4.69, 9.17) is 9.47 Å². The summed E-state index contributed by atoms with van der Waals surface area (Å²) in [6.45, 7) is 0.688. The summed E-state index contributed by atoms with van der Waals surface area (Å²) in [6, 6.07) is 5.80. The van der Waals surface area contributed by atoms with Crippen LogP contribution >= 0.6 is 0 Å². The number of ether oxygens (including phenoxy) is 2. The fourth-order valence-electron chi connectivity index (χ4n) is 3.83. The van der Waals surface area contributed by atoms with Crippen molar-refractivity contribution < 1.29 is 14.3 Å². The molecule has 0 saturated heterocycles. The van der Waals surface area contributed by atoms with E-state index in [1.54, 1.807) is 7.11 Å². The van der Waals surface area contributed by atoms with Gasteiger partial charge in [0.1, 0.15) is 0 Å². The summed E-state index contributed by atoms with van der Waals surface area (Å²) in [7, 11) is 1.66. The van der Waals surface area contributed by atoms with Crippen molar-refractivity contribution >= 4 is 11.6 Å². The van der Waals surface area contributed by atoms with Crippen molar-refractivity contribution in [1.29, 1.82) is 0 Å². The summed E-state index contributed by atoms with van der Waals surface area (Å²) in [4.78, 5) is 14.5. The van der Waals surface area contributed by atoms with Crippen molar-refractivity contribution in [2.75, 3.05) is 18.6 Å². The third-order valence-electron chi connectivity index (χ3n) is 5.16. The molecule has 4 rings (SSSR count). The van der Waals surface area contributed by atoms with Gasteiger partial charge in [0.15, 0.2) is 11.5 Å². The molecule has 1 saturated carbocycles. The van der Waals surface area contributed by atoms with Gasteiger partial charge >= 0.3 is 0 Å². The Balaban J connectivity index is 1.59. The van der Waals surface area contributed by atoms with Gasteiger partial charge in [0.25, 0.3) is 5.91 Å². The van der Waals surface area contributed by atoms with Crippen molar-refractivity contribution in [3.05, 3.63) is 41.5 Å². The molecule has 0 radical (unpaired) electrons. The Kier molecular flexibility index (Phi) is 4.05. The Morgan fingerprint density at radius 1 is 1.17 bits per heavy atom. The van der Waals surface area contributed by atoms with Gasteiger partial charge in [-0.3, -0.25) is 4.79 Å². The summed E-state index contributed by atoms with van der Waals surface area (Å²) in [5, 5.41) is 0. The largest absolute Gasteiger partial charge is 0.493 e. The van der Waals surface area contributed by atoms with Crippen LogP contribution in [-0.4, -0.2) is 25.7 Å². The van der Waals surface area contributed by atoms with Gasteiger partial charge in [-0.1, -0.05) is 12.2 Å². The summed E-state index contributed by atoms with van der Waals surface area (Å²) in [5.74, 6) is 1.57. The normalized spacial score (nSPS) is 20.7. The second kappa shape index (κ2) is 6.34. The van der Waals surface area contributed by atoms with E-state index >= 15 is 0 Å². The average Bonchev–Trinajstić information content (AvgIpc) is 3.23. The fourth-order valence-corrected chi connectivity index (χ4v) is 3.83. The quantitative estimate of drug-likeness (QED) is 0.839. The van der Waals surface area contributed by atoms with Gasteiger partial charge in [-0.05, 0) is 56.2 Å².